The second-order valence-corrected chi connectivity index (χ2v) is 9.52. The number of ether oxygens (including phenoxy) is 2. The monoisotopic (exact) mass is 429 g/mol. The van der Waals surface area contributed by atoms with Gasteiger partial charge in [-0.15, -0.1) is 0 Å². The van der Waals surface area contributed by atoms with Crippen molar-refractivity contribution in [3.05, 3.63) is 46.7 Å². The second kappa shape index (κ2) is 10.1. The largest absolute Gasteiger partial charge is 0.499 e. The first-order chi connectivity index (χ1) is 15.1. The highest BCUT2D eigenvalue weighted by molar-refractivity contribution is 5.39. The third kappa shape index (κ3) is 5.29. The summed E-state index contributed by atoms with van der Waals surface area (Å²) in [5.74, 6) is 2.34. The van der Waals surface area contributed by atoms with Gasteiger partial charge in [-0.1, -0.05) is 25.2 Å². The fourth-order valence-electron chi connectivity index (χ4n) is 5.29. The molecule has 6 heteroatoms. The Hall–Kier alpha value is -1.92. The van der Waals surface area contributed by atoms with E-state index in [1.807, 2.05) is 0 Å². The molecule has 0 radical (unpaired) electrons. The van der Waals surface area contributed by atoms with Crippen LogP contribution in [0.2, 0.25) is 0 Å². The Kier molecular flexibility index (Phi) is 7.28. The van der Waals surface area contributed by atoms with Gasteiger partial charge in [-0.2, -0.15) is 0 Å². The summed E-state index contributed by atoms with van der Waals surface area (Å²) in [4.78, 5) is 2.61. The number of allylic oxidation sites excluding steroid dienone is 3. The minimum absolute atomic E-state index is 0.179. The Balaban J connectivity index is 1.29. The van der Waals surface area contributed by atoms with Crippen LogP contribution in [0.3, 0.4) is 0 Å². The summed E-state index contributed by atoms with van der Waals surface area (Å²) in [6.45, 7) is 5.70. The van der Waals surface area contributed by atoms with Crippen molar-refractivity contribution in [1.82, 2.24) is 15.5 Å². The predicted molar refractivity (Wildman–Crippen MR) is 123 cm³/mol. The minimum Gasteiger partial charge on any atom is -0.499 e. The lowest BCUT2D eigenvalue weighted by Gasteiger charge is -2.34. The van der Waals surface area contributed by atoms with Crippen LogP contribution in [0.25, 0.3) is 0 Å². The average molecular weight is 430 g/mol. The van der Waals surface area contributed by atoms with Crippen molar-refractivity contribution >= 4 is 0 Å². The molecule has 1 saturated heterocycles. The van der Waals surface area contributed by atoms with Crippen molar-refractivity contribution in [3.63, 3.8) is 0 Å². The van der Waals surface area contributed by atoms with Crippen molar-refractivity contribution in [2.75, 3.05) is 33.9 Å². The zero-order valence-electron chi connectivity index (χ0n) is 19.3. The number of aliphatic hydroxyl groups is 1. The lowest BCUT2D eigenvalue weighted by molar-refractivity contribution is 0.105. The van der Waals surface area contributed by atoms with E-state index in [9.17, 15) is 5.11 Å². The summed E-state index contributed by atoms with van der Waals surface area (Å²) < 4.78 is 11.0. The first kappa shape index (κ1) is 22.3. The number of rotatable bonds is 9. The van der Waals surface area contributed by atoms with Crippen LogP contribution in [-0.2, 0) is 9.47 Å². The summed E-state index contributed by atoms with van der Waals surface area (Å²) in [5.41, 5.74) is 4.46. The lowest BCUT2D eigenvalue weighted by atomic mass is 9.99. The molecule has 4 unspecified atom stereocenters. The van der Waals surface area contributed by atoms with Crippen molar-refractivity contribution in [3.8, 4) is 0 Å². The molecule has 1 heterocycles. The van der Waals surface area contributed by atoms with Crippen LogP contribution < -0.4 is 10.6 Å². The first-order valence-electron chi connectivity index (χ1n) is 11.9. The molecule has 3 aliphatic carbocycles. The molecule has 0 aromatic rings. The van der Waals surface area contributed by atoms with E-state index in [4.69, 9.17) is 9.47 Å². The fraction of sp³-hybridized carbons (Fsp3) is 0.680. The molecule has 1 aliphatic heterocycles. The molecule has 4 aliphatic rings. The molecule has 1 fully saturated rings. The molecule has 3 N–H and O–H groups in total. The summed E-state index contributed by atoms with van der Waals surface area (Å²) in [5, 5.41) is 17.6. The Morgan fingerprint density at radius 3 is 2.81 bits per heavy atom. The molecule has 4 rings (SSSR count). The van der Waals surface area contributed by atoms with E-state index in [1.165, 1.54) is 31.6 Å². The quantitative estimate of drug-likeness (QED) is 0.386. The van der Waals surface area contributed by atoms with Crippen LogP contribution in [0.4, 0.5) is 0 Å². The highest BCUT2D eigenvalue weighted by atomic mass is 16.5. The van der Waals surface area contributed by atoms with Crippen molar-refractivity contribution < 1.29 is 14.6 Å². The lowest BCUT2D eigenvalue weighted by Crippen LogP contribution is -2.35. The molecule has 0 bridgehead atoms. The zero-order chi connectivity index (χ0) is 21.8. The predicted octanol–water partition coefficient (Wildman–Crippen LogP) is 3.39. The van der Waals surface area contributed by atoms with Gasteiger partial charge in [-0.25, -0.2) is 0 Å². The molecule has 0 amide bonds. The maximum atomic E-state index is 10.7. The van der Waals surface area contributed by atoms with Crippen LogP contribution in [0.15, 0.2) is 46.7 Å². The molecular weight excluding hydrogens is 390 g/mol. The molecule has 4 atom stereocenters. The molecule has 172 valence electrons. The molecule has 0 aromatic heterocycles. The van der Waals surface area contributed by atoms with Gasteiger partial charge < -0.3 is 30.1 Å². The van der Waals surface area contributed by atoms with E-state index >= 15 is 0 Å². The van der Waals surface area contributed by atoms with Crippen molar-refractivity contribution in [1.29, 1.82) is 0 Å². The number of hydrogen-bond donors (Lipinski definition) is 3. The highest BCUT2D eigenvalue weighted by Crippen LogP contribution is 2.32. The first-order valence-corrected chi connectivity index (χ1v) is 11.9. The van der Waals surface area contributed by atoms with Gasteiger partial charge in [0.05, 0.1) is 24.6 Å². The van der Waals surface area contributed by atoms with Crippen LogP contribution in [0.5, 0.6) is 0 Å². The number of likely N-dealkylation sites (tertiary alicyclic amines) is 1. The van der Waals surface area contributed by atoms with Crippen LogP contribution in [0, 0.1) is 11.8 Å². The van der Waals surface area contributed by atoms with E-state index < -0.39 is 6.23 Å². The van der Waals surface area contributed by atoms with Gasteiger partial charge in [0.1, 0.15) is 12.0 Å². The smallest absolute Gasteiger partial charge is 0.146 e. The summed E-state index contributed by atoms with van der Waals surface area (Å²) in [7, 11) is 3.45. The zero-order valence-corrected chi connectivity index (χ0v) is 19.3. The van der Waals surface area contributed by atoms with Crippen LogP contribution in [-0.4, -0.2) is 56.2 Å². The van der Waals surface area contributed by atoms with Gasteiger partial charge in [0.25, 0.3) is 0 Å². The Morgan fingerprint density at radius 1 is 1.19 bits per heavy atom. The third-order valence-electron chi connectivity index (χ3n) is 7.18. The third-order valence-corrected chi connectivity index (χ3v) is 7.18. The number of aliphatic hydroxyl groups excluding tert-OH is 1. The molecule has 0 saturated carbocycles. The summed E-state index contributed by atoms with van der Waals surface area (Å²) in [6.07, 6.45) is 13.4. The van der Waals surface area contributed by atoms with E-state index in [0.29, 0.717) is 5.92 Å². The number of methoxy groups -OCH3 is 2. The maximum absolute atomic E-state index is 10.7. The summed E-state index contributed by atoms with van der Waals surface area (Å²) >= 11 is 0. The Morgan fingerprint density at radius 2 is 2.06 bits per heavy atom. The summed E-state index contributed by atoms with van der Waals surface area (Å²) in [6, 6.07) is 0. The van der Waals surface area contributed by atoms with E-state index in [2.05, 4.69) is 40.7 Å². The number of nitrogens with one attached hydrogen (secondary N) is 2. The SMILES string of the molecule is COC1=C(NCC2CC=C(N3CCCC(C)C3)C2)C(NC(O)C2=CCC(OC)C2)=CC1. The second-order valence-electron chi connectivity index (χ2n) is 9.52. The van der Waals surface area contributed by atoms with Gasteiger partial charge in [-0.05, 0) is 55.9 Å². The van der Waals surface area contributed by atoms with Crippen LogP contribution in [0.1, 0.15) is 51.9 Å². The fourth-order valence-corrected chi connectivity index (χ4v) is 5.29. The Labute approximate surface area is 187 Å². The van der Waals surface area contributed by atoms with Crippen molar-refractivity contribution in [2.24, 2.45) is 11.8 Å². The number of hydrogen-bond acceptors (Lipinski definition) is 6. The van der Waals surface area contributed by atoms with Gasteiger partial charge in [0.15, 0.2) is 0 Å². The van der Waals surface area contributed by atoms with Crippen LogP contribution >= 0.6 is 0 Å². The number of piperidine rings is 1. The molecule has 6 nitrogen and oxygen atoms in total. The highest BCUT2D eigenvalue weighted by Gasteiger charge is 2.28. The minimum atomic E-state index is -0.694. The number of nitrogens with zero attached hydrogens (tertiary/aromatic N) is 1. The normalized spacial score (nSPS) is 29.6. The average Bonchev–Trinajstić information content (AvgIpc) is 3.51. The van der Waals surface area contributed by atoms with Gasteiger partial charge in [-0.3, -0.25) is 0 Å². The molecule has 0 aromatic carbocycles. The van der Waals surface area contributed by atoms with E-state index in [-0.39, 0.29) is 6.10 Å². The van der Waals surface area contributed by atoms with Gasteiger partial charge in [0.2, 0.25) is 0 Å². The van der Waals surface area contributed by atoms with Gasteiger partial charge in [0, 0.05) is 38.9 Å². The molecule has 0 spiro atoms. The van der Waals surface area contributed by atoms with Gasteiger partial charge >= 0.3 is 0 Å². The topological polar surface area (TPSA) is 66.0 Å². The Bertz CT molecular complexity index is 770. The maximum Gasteiger partial charge on any atom is 0.146 e. The molecule has 31 heavy (non-hydrogen) atoms. The standard InChI is InChI=1S/C25H39N3O3/c1-17-5-4-12-28(16-17)20-8-6-18(13-20)15-26-24-22(10-11-23(24)31-3)27-25(29)19-7-9-21(14-19)30-2/h7-8,10,17-18,21,25-27,29H,4-6,9,11-16H2,1-3H3. The molecular formula is C25H39N3O3. The van der Waals surface area contributed by atoms with E-state index in [0.717, 1.165) is 67.3 Å². The van der Waals surface area contributed by atoms with Crippen molar-refractivity contribution in [2.45, 2.75) is 64.2 Å². The van der Waals surface area contributed by atoms with E-state index in [1.54, 1.807) is 14.2 Å².